The summed E-state index contributed by atoms with van der Waals surface area (Å²) in [5, 5.41) is 9.06. The van der Waals surface area contributed by atoms with Gasteiger partial charge in [0.25, 0.3) is 0 Å². The van der Waals surface area contributed by atoms with Gasteiger partial charge in [-0.25, -0.2) is 9.59 Å². The molecule has 0 radical (unpaired) electrons. The summed E-state index contributed by atoms with van der Waals surface area (Å²) in [6.45, 7) is 5.68. The van der Waals surface area contributed by atoms with Gasteiger partial charge in [0, 0.05) is 0 Å². The Balaban J connectivity index is 2.94. The Hall–Kier alpha value is -2.28. The quantitative estimate of drug-likeness (QED) is 0.662. The summed E-state index contributed by atoms with van der Waals surface area (Å²) >= 11 is 0. The lowest BCUT2D eigenvalue weighted by molar-refractivity contribution is 0.0370. The van der Waals surface area contributed by atoms with Crippen LogP contribution >= 0.6 is 0 Å². The fourth-order valence-corrected chi connectivity index (χ4v) is 1.77. The number of ether oxygens (including phenoxy) is 1. The molecule has 106 valence electrons. The second kappa shape index (κ2) is 7.34. The van der Waals surface area contributed by atoms with Gasteiger partial charge in [-0.3, -0.25) is 0 Å². The van der Waals surface area contributed by atoms with Crippen LogP contribution in [0.2, 0.25) is 0 Å². The molecule has 0 unspecified atom stereocenters. The molecular weight excluding hydrogens is 256 g/mol. The SMILES string of the molecule is CC#C[C@H](CC(C)C)OC(=O)c1ccccc1C(=O)O. The largest absolute Gasteiger partial charge is 0.478 e. The summed E-state index contributed by atoms with van der Waals surface area (Å²) in [5.74, 6) is 4.06. The van der Waals surface area contributed by atoms with Crippen molar-refractivity contribution >= 4 is 11.9 Å². The van der Waals surface area contributed by atoms with E-state index < -0.39 is 18.0 Å². The number of carbonyl (C=O) groups is 2. The number of hydrogen-bond donors (Lipinski definition) is 1. The minimum atomic E-state index is -1.15. The third kappa shape index (κ3) is 4.43. The van der Waals surface area contributed by atoms with Crippen molar-refractivity contribution in [2.75, 3.05) is 0 Å². The molecule has 1 atom stereocenters. The molecular formula is C16H18O4. The Morgan fingerprint density at radius 3 is 2.35 bits per heavy atom. The molecule has 0 aliphatic rings. The molecule has 0 aliphatic carbocycles. The molecule has 0 aromatic heterocycles. The van der Waals surface area contributed by atoms with E-state index in [0.717, 1.165) is 0 Å². The van der Waals surface area contributed by atoms with Crippen LogP contribution in [0.4, 0.5) is 0 Å². The highest BCUT2D eigenvalue weighted by molar-refractivity contribution is 6.02. The van der Waals surface area contributed by atoms with E-state index in [9.17, 15) is 9.59 Å². The summed E-state index contributed by atoms with van der Waals surface area (Å²) < 4.78 is 5.30. The van der Waals surface area contributed by atoms with Crippen LogP contribution in [0.3, 0.4) is 0 Å². The van der Waals surface area contributed by atoms with Gasteiger partial charge in [-0.1, -0.05) is 31.9 Å². The molecule has 0 amide bonds. The number of rotatable bonds is 5. The molecule has 0 saturated heterocycles. The Labute approximate surface area is 118 Å². The average Bonchev–Trinajstić information content (AvgIpc) is 2.38. The highest BCUT2D eigenvalue weighted by Crippen LogP contribution is 2.14. The maximum Gasteiger partial charge on any atom is 0.340 e. The Morgan fingerprint density at radius 1 is 1.25 bits per heavy atom. The molecule has 20 heavy (non-hydrogen) atoms. The highest BCUT2D eigenvalue weighted by atomic mass is 16.5. The zero-order chi connectivity index (χ0) is 15.1. The normalized spacial score (nSPS) is 11.4. The van der Waals surface area contributed by atoms with E-state index in [1.165, 1.54) is 12.1 Å². The van der Waals surface area contributed by atoms with Crippen molar-refractivity contribution in [1.82, 2.24) is 0 Å². The summed E-state index contributed by atoms with van der Waals surface area (Å²) in [4.78, 5) is 23.2. The van der Waals surface area contributed by atoms with Crippen molar-refractivity contribution < 1.29 is 19.4 Å². The number of carboxylic acids is 1. The first-order valence-corrected chi connectivity index (χ1v) is 6.41. The van der Waals surface area contributed by atoms with Crippen LogP contribution in [0.5, 0.6) is 0 Å². The minimum absolute atomic E-state index is 0.0478. The van der Waals surface area contributed by atoms with Crippen molar-refractivity contribution in [3.05, 3.63) is 35.4 Å². The minimum Gasteiger partial charge on any atom is -0.478 e. The Morgan fingerprint density at radius 2 is 1.85 bits per heavy atom. The predicted octanol–water partition coefficient (Wildman–Crippen LogP) is 2.98. The molecule has 1 rings (SSSR count). The van der Waals surface area contributed by atoms with Crippen LogP contribution in [0, 0.1) is 17.8 Å². The number of aromatic carboxylic acids is 1. The van der Waals surface area contributed by atoms with Gasteiger partial charge in [0.2, 0.25) is 0 Å². The molecule has 0 fully saturated rings. The standard InChI is InChI=1S/C16H18O4/c1-4-7-12(10-11(2)3)20-16(19)14-9-6-5-8-13(14)15(17)18/h5-6,8-9,11-12H,10H2,1-3H3,(H,17,18)/t12-/m1/s1. The monoisotopic (exact) mass is 274 g/mol. The smallest absolute Gasteiger partial charge is 0.340 e. The first-order chi connectivity index (χ1) is 9.45. The molecule has 0 heterocycles. The number of benzene rings is 1. The van der Waals surface area contributed by atoms with Crippen LogP contribution in [-0.4, -0.2) is 23.1 Å². The van der Waals surface area contributed by atoms with Gasteiger partial charge in [0.05, 0.1) is 11.1 Å². The van der Waals surface area contributed by atoms with E-state index in [-0.39, 0.29) is 11.1 Å². The third-order valence-corrected chi connectivity index (χ3v) is 2.62. The van der Waals surface area contributed by atoms with Crippen molar-refractivity contribution in [1.29, 1.82) is 0 Å². The van der Waals surface area contributed by atoms with Crippen LogP contribution in [-0.2, 0) is 4.74 Å². The molecule has 0 saturated carbocycles. The van der Waals surface area contributed by atoms with Crippen molar-refractivity contribution in [3.8, 4) is 11.8 Å². The summed E-state index contributed by atoms with van der Waals surface area (Å²) in [7, 11) is 0. The predicted molar refractivity (Wildman–Crippen MR) is 75.5 cm³/mol. The van der Waals surface area contributed by atoms with Crippen LogP contribution in [0.15, 0.2) is 24.3 Å². The molecule has 4 nitrogen and oxygen atoms in total. The van der Waals surface area contributed by atoms with E-state index in [4.69, 9.17) is 9.84 Å². The van der Waals surface area contributed by atoms with Crippen LogP contribution in [0.1, 0.15) is 47.9 Å². The summed E-state index contributed by atoms with van der Waals surface area (Å²) in [6, 6.07) is 5.99. The lowest BCUT2D eigenvalue weighted by Gasteiger charge is -2.15. The summed E-state index contributed by atoms with van der Waals surface area (Å²) in [5.41, 5.74) is -0.0167. The van der Waals surface area contributed by atoms with Gasteiger partial charge < -0.3 is 9.84 Å². The van der Waals surface area contributed by atoms with Gasteiger partial charge in [0.1, 0.15) is 0 Å². The van der Waals surface area contributed by atoms with Gasteiger partial charge >= 0.3 is 11.9 Å². The average molecular weight is 274 g/mol. The van der Waals surface area contributed by atoms with Gasteiger partial charge in [-0.15, -0.1) is 5.92 Å². The Bertz CT molecular complexity index is 549. The fourth-order valence-electron chi connectivity index (χ4n) is 1.77. The zero-order valence-electron chi connectivity index (χ0n) is 11.8. The fraction of sp³-hybridized carbons (Fsp3) is 0.375. The molecule has 0 spiro atoms. The van der Waals surface area contributed by atoms with E-state index in [1.54, 1.807) is 19.1 Å². The number of carbonyl (C=O) groups excluding carboxylic acids is 1. The van der Waals surface area contributed by atoms with E-state index in [2.05, 4.69) is 11.8 Å². The van der Waals surface area contributed by atoms with Crippen LogP contribution < -0.4 is 0 Å². The molecule has 1 aromatic rings. The number of hydrogen-bond acceptors (Lipinski definition) is 3. The molecule has 1 N–H and O–H groups in total. The zero-order valence-corrected chi connectivity index (χ0v) is 11.8. The van der Waals surface area contributed by atoms with Gasteiger partial charge in [0.15, 0.2) is 6.10 Å². The van der Waals surface area contributed by atoms with Crippen molar-refractivity contribution in [3.63, 3.8) is 0 Å². The topological polar surface area (TPSA) is 63.6 Å². The Kier molecular flexibility index (Phi) is 5.79. The highest BCUT2D eigenvalue weighted by Gasteiger charge is 2.20. The van der Waals surface area contributed by atoms with E-state index >= 15 is 0 Å². The first kappa shape index (κ1) is 15.8. The number of carboxylic acid groups (broad SMARTS) is 1. The van der Waals surface area contributed by atoms with Crippen molar-refractivity contribution in [2.24, 2.45) is 5.92 Å². The first-order valence-electron chi connectivity index (χ1n) is 6.41. The molecule has 0 bridgehead atoms. The molecule has 4 heteroatoms. The van der Waals surface area contributed by atoms with Gasteiger partial charge in [-0.05, 0) is 31.4 Å². The third-order valence-electron chi connectivity index (χ3n) is 2.62. The van der Waals surface area contributed by atoms with E-state index in [1.807, 2.05) is 13.8 Å². The summed E-state index contributed by atoms with van der Waals surface area (Å²) in [6.07, 6.45) is 0.0938. The second-order valence-corrected chi connectivity index (χ2v) is 4.77. The maximum absolute atomic E-state index is 12.1. The van der Waals surface area contributed by atoms with Crippen molar-refractivity contribution in [2.45, 2.75) is 33.3 Å². The lowest BCUT2D eigenvalue weighted by Crippen LogP contribution is -2.20. The lowest BCUT2D eigenvalue weighted by atomic mass is 10.1. The van der Waals surface area contributed by atoms with Gasteiger partial charge in [-0.2, -0.15) is 0 Å². The molecule has 0 aliphatic heterocycles. The van der Waals surface area contributed by atoms with Crippen LogP contribution in [0.25, 0.3) is 0 Å². The maximum atomic E-state index is 12.1. The van der Waals surface area contributed by atoms with E-state index in [0.29, 0.717) is 12.3 Å². The second-order valence-electron chi connectivity index (χ2n) is 4.77. The number of esters is 1. The molecule has 1 aromatic carbocycles.